The molecule has 1 aromatic carbocycles. The lowest BCUT2D eigenvalue weighted by Gasteiger charge is -2.36. The van der Waals surface area contributed by atoms with E-state index in [1.807, 2.05) is 0 Å². The van der Waals surface area contributed by atoms with Crippen molar-refractivity contribution in [2.45, 2.75) is 32.4 Å². The number of nitrogen functional groups attached to an aromatic ring is 1. The van der Waals surface area contributed by atoms with E-state index in [4.69, 9.17) is 10.5 Å². The van der Waals surface area contributed by atoms with Crippen molar-refractivity contribution in [2.24, 2.45) is 0 Å². The van der Waals surface area contributed by atoms with Crippen LogP contribution in [0.15, 0.2) is 36.4 Å². The van der Waals surface area contributed by atoms with E-state index in [1.54, 1.807) is 32.0 Å². The lowest BCUT2D eigenvalue weighted by molar-refractivity contribution is -0.276. The van der Waals surface area contributed by atoms with Gasteiger partial charge in [0.2, 0.25) is 5.88 Å². The van der Waals surface area contributed by atoms with Crippen LogP contribution < -0.4 is 20.1 Å². The van der Waals surface area contributed by atoms with Crippen LogP contribution >= 0.6 is 0 Å². The minimum absolute atomic E-state index is 0.247. The molecule has 0 saturated carbocycles. The zero-order chi connectivity index (χ0) is 19.1. The van der Waals surface area contributed by atoms with Crippen molar-refractivity contribution in [1.82, 2.24) is 4.98 Å². The highest BCUT2D eigenvalue weighted by Crippen LogP contribution is 2.40. The Balaban J connectivity index is 1.98. The molecule has 26 heavy (non-hydrogen) atoms. The van der Waals surface area contributed by atoms with Gasteiger partial charge >= 0.3 is 6.36 Å². The second-order valence-corrected chi connectivity index (χ2v) is 5.82. The summed E-state index contributed by atoms with van der Waals surface area (Å²) in [6.07, 6.45) is -5.61. The van der Waals surface area contributed by atoms with Crippen molar-refractivity contribution in [3.63, 3.8) is 0 Å². The van der Waals surface area contributed by atoms with Gasteiger partial charge in [-0.2, -0.15) is 0 Å². The number of aromatic nitrogens is 1. The maximum Gasteiger partial charge on any atom is 0.574 e. The van der Waals surface area contributed by atoms with Crippen molar-refractivity contribution in [1.29, 1.82) is 0 Å². The molecule has 0 bridgehead atoms. The summed E-state index contributed by atoms with van der Waals surface area (Å²) in [7, 11) is 0. The lowest BCUT2D eigenvalue weighted by atomic mass is 10.1. The largest absolute Gasteiger partial charge is 0.574 e. The Bertz CT molecular complexity index is 841. The fourth-order valence-electron chi connectivity index (χ4n) is 2.75. The number of anilines is 2. The molecule has 1 aliphatic rings. The maximum atomic E-state index is 12.6. The van der Waals surface area contributed by atoms with Gasteiger partial charge in [-0.25, -0.2) is 4.98 Å². The molecule has 1 aliphatic heterocycles. The molecular formula is C17H16F3N3O3. The molecule has 0 saturated heterocycles. The van der Waals surface area contributed by atoms with E-state index in [1.165, 1.54) is 17.0 Å². The molecule has 9 heteroatoms. The molecule has 6 nitrogen and oxygen atoms in total. The number of amides is 1. The topological polar surface area (TPSA) is 77.7 Å². The van der Waals surface area contributed by atoms with Gasteiger partial charge in [0, 0.05) is 17.8 Å². The summed E-state index contributed by atoms with van der Waals surface area (Å²) >= 11 is 0. The predicted octanol–water partition coefficient (Wildman–Crippen LogP) is 3.44. The first-order valence-electron chi connectivity index (χ1n) is 7.77. The quantitative estimate of drug-likeness (QED) is 0.841. The van der Waals surface area contributed by atoms with Gasteiger partial charge in [0.25, 0.3) is 5.91 Å². The van der Waals surface area contributed by atoms with Crippen LogP contribution in [0.2, 0.25) is 0 Å². The fraction of sp³-hybridized carbons (Fsp3) is 0.294. The summed E-state index contributed by atoms with van der Waals surface area (Å²) < 4.78 is 46.7. The first-order valence-corrected chi connectivity index (χ1v) is 7.77. The zero-order valence-corrected chi connectivity index (χ0v) is 13.9. The molecule has 2 heterocycles. The molecule has 3 rings (SSSR count). The first-order chi connectivity index (χ1) is 12.2. The van der Waals surface area contributed by atoms with Crippen molar-refractivity contribution < 1.29 is 27.4 Å². The van der Waals surface area contributed by atoms with Gasteiger partial charge in [0.15, 0.2) is 6.10 Å². The number of carbonyl (C=O) groups is 1. The number of fused-ring (bicyclic) bond motifs is 1. The Labute approximate surface area is 147 Å². The molecule has 138 valence electrons. The molecule has 0 aliphatic carbocycles. The Morgan fingerprint density at radius 3 is 2.73 bits per heavy atom. The molecule has 0 unspecified atom stereocenters. The highest BCUT2D eigenvalue weighted by Gasteiger charge is 2.36. The van der Waals surface area contributed by atoms with Gasteiger partial charge in [-0.05, 0) is 32.0 Å². The van der Waals surface area contributed by atoms with E-state index in [2.05, 4.69) is 9.72 Å². The van der Waals surface area contributed by atoms with Crippen LogP contribution in [0.25, 0.3) is 0 Å². The summed E-state index contributed by atoms with van der Waals surface area (Å²) in [5.74, 6) is -0.501. The standard InChI is InChI=1S/C17H16F3N3O3/c1-9(12-4-3-5-15(22-12)26-17(18,19)20)23-13-7-6-11(21)8-14(13)25-10(2)16(23)24/h3-10H,21H2,1-2H3/t9-,10+/m0/s1. The second-order valence-electron chi connectivity index (χ2n) is 5.82. The minimum atomic E-state index is -4.84. The maximum absolute atomic E-state index is 12.6. The fourth-order valence-corrected chi connectivity index (χ4v) is 2.75. The molecule has 0 fully saturated rings. The van der Waals surface area contributed by atoms with Crippen molar-refractivity contribution in [3.8, 4) is 11.6 Å². The van der Waals surface area contributed by atoms with Crippen LogP contribution in [0.3, 0.4) is 0 Å². The number of benzene rings is 1. The minimum Gasteiger partial charge on any atom is -0.479 e. The van der Waals surface area contributed by atoms with Crippen molar-refractivity contribution >= 4 is 17.3 Å². The molecule has 0 spiro atoms. The van der Waals surface area contributed by atoms with Gasteiger partial charge in [0.05, 0.1) is 17.4 Å². The van der Waals surface area contributed by atoms with Gasteiger partial charge in [-0.1, -0.05) is 6.07 Å². The van der Waals surface area contributed by atoms with E-state index in [0.717, 1.165) is 6.07 Å². The Morgan fingerprint density at radius 2 is 2.04 bits per heavy atom. The molecular weight excluding hydrogens is 351 g/mol. The number of rotatable bonds is 3. The lowest BCUT2D eigenvalue weighted by Crippen LogP contribution is -2.45. The zero-order valence-electron chi connectivity index (χ0n) is 13.9. The van der Waals surface area contributed by atoms with Crippen molar-refractivity contribution in [2.75, 3.05) is 10.6 Å². The number of pyridine rings is 1. The van der Waals surface area contributed by atoms with Crippen LogP contribution in [-0.2, 0) is 4.79 Å². The molecule has 1 aromatic heterocycles. The van der Waals surface area contributed by atoms with Gasteiger partial charge < -0.3 is 15.2 Å². The highest BCUT2D eigenvalue weighted by atomic mass is 19.4. The Kier molecular flexibility index (Phi) is 4.39. The van der Waals surface area contributed by atoms with Crippen LogP contribution in [0.5, 0.6) is 11.6 Å². The van der Waals surface area contributed by atoms with Gasteiger partial charge in [-0.3, -0.25) is 9.69 Å². The molecule has 0 radical (unpaired) electrons. The number of nitrogens with zero attached hydrogens (tertiary/aromatic N) is 2. The number of ether oxygens (including phenoxy) is 2. The summed E-state index contributed by atoms with van der Waals surface area (Å²) in [5, 5.41) is 0. The van der Waals surface area contributed by atoms with E-state index >= 15 is 0 Å². The second kappa shape index (κ2) is 6.40. The average molecular weight is 367 g/mol. The number of alkyl halides is 3. The smallest absolute Gasteiger partial charge is 0.479 e. The van der Waals surface area contributed by atoms with Gasteiger partial charge in [0.1, 0.15) is 5.75 Å². The summed E-state index contributed by atoms with van der Waals surface area (Å²) in [6.45, 7) is 3.25. The van der Waals surface area contributed by atoms with E-state index in [9.17, 15) is 18.0 Å². The van der Waals surface area contributed by atoms with Gasteiger partial charge in [-0.15, -0.1) is 13.2 Å². The van der Waals surface area contributed by atoms with Crippen LogP contribution in [0, 0.1) is 0 Å². The van der Waals surface area contributed by atoms with Crippen molar-refractivity contribution in [3.05, 3.63) is 42.1 Å². The molecule has 2 N–H and O–H groups in total. The van der Waals surface area contributed by atoms with E-state index in [-0.39, 0.29) is 11.6 Å². The summed E-state index contributed by atoms with van der Waals surface area (Å²) in [4.78, 5) is 17.9. The number of hydrogen-bond acceptors (Lipinski definition) is 5. The average Bonchev–Trinajstić information content (AvgIpc) is 2.54. The van der Waals surface area contributed by atoms with Crippen LogP contribution in [0.1, 0.15) is 25.6 Å². The third-order valence-corrected chi connectivity index (χ3v) is 3.91. The highest BCUT2D eigenvalue weighted by molar-refractivity contribution is 6.00. The number of hydrogen-bond donors (Lipinski definition) is 1. The van der Waals surface area contributed by atoms with E-state index < -0.39 is 24.4 Å². The molecule has 1 amide bonds. The van der Waals surface area contributed by atoms with Crippen LogP contribution in [0.4, 0.5) is 24.5 Å². The third kappa shape index (κ3) is 3.51. The monoisotopic (exact) mass is 367 g/mol. The molecule has 2 atom stereocenters. The first kappa shape index (κ1) is 17.8. The third-order valence-electron chi connectivity index (χ3n) is 3.91. The van der Waals surface area contributed by atoms with Crippen LogP contribution in [-0.4, -0.2) is 23.4 Å². The Morgan fingerprint density at radius 1 is 1.31 bits per heavy atom. The number of carbonyl (C=O) groups excluding carboxylic acids is 1. The normalized spacial score (nSPS) is 18.1. The summed E-state index contributed by atoms with van der Waals surface area (Å²) in [5.41, 5.74) is 6.94. The number of halogens is 3. The Hall–Kier alpha value is -2.97. The molecule has 2 aromatic rings. The number of nitrogens with two attached hydrogens (primary N) is 1. The van der Waals surface area contributed by atoms with E-state index in [0.29, 0.717) is 17.1 Å². The SMILES string of the molecule is C[C@H]1Oc2cc(N)ccc2N([C@@H](C)c2cccc(OC(F)(F)F)n2)C1=O. The summed E-state index contributed by atoms with van der Waals surface area (Å²) in [6, 6.07) is 8.20. The predicted molar refractivity (Wildman–Crippen MR) is 87.8 cm³/mol.